The highest BCUT2D eigenvalue weighted by atomic mass is 32.1. The van der Waals surface area contributed by atoms with Crippen LogP contribution in [0.3, 0.4) is 0 Å². The Morgan fingerprint density at radius 3 is 2.69 bits per heavy atom. The molecule has 0 saturated carbocycles. The third kappa shape index (κ3) is 4.17. The molecule has 2 heterocycles. The van der Waals surface area contributed by atoms with E-state index in [1.807, 2.05) is 43.3 Å². The number of nitrogens with zero attached hydrogens (tertiary/aromatic N) is 2. The van der Waals surface area contributed by atoms with Gasteiger partial charge >= 0.3 is 0 Å². The van der Waals surface area contributed by atoms with Gasteiger partial charge in [0, 0.05) is 11.9 Å². The third-order valence-corrected chi connectivity index (χ3v) is 7.44. The van der Waals surface area contributed by atoms with Gasteiger partial charge in [0.1, 0.15) is 0 Å². The molecule has 1 fully saturated rings. The molecule has 4 rings (SSSR count). The van der Waals surface area contributed by atoms with Crippen LogP contribution >= 0.6 is 11.3 Å². The lowest BCUT2D eigenvalue weighted by Gasteiger charge is -2.45. The van der Waals surface area contributed by atoms with E-state index < -0.39 is 5.54 Å². The highest BCUT2D eigenvalue weighted by molar-refractivity contribution is 7.10. The lowest BCUT2D eigenvalue weighted by atomic mass is 9.78. The Morgan fingerprint density at radius 2 is 1.94 bits per heavy atom. The van der Waals surface area contributed by atoms with E-state index in [0.29, 0.717) is 5.56 Å². The number of aryl methyl sites for hydroxylation is 1. The standard InChI is InChI=1S/C26H26N4OS/c1-26(23-15-21(17-32-23)20-12-6-11-19(14-20)16-27)22(24(31)30(2)25(28)29-26)13-7-10-18-8-4-3-5-9-18/h3-6,8-9,11-12,14-15,17,22H,7,10,13H2,1-2H3,(H2,28,29)/t22?,26-/m0/s1. The minimum absolute atomic E-state index is 0.0225. The van der Waals surface area contributed by atoms with E-state index in [2.05, 4.69) is 35.0 Å². The van der Waals surface area contributed by atoms with Gasteiger partial charge < -0.3 is 5.32 Å². The van der Waals surface area contributed by atoms with Crippen LogP contribution in [0.15, 0.2) is 66.0 Å². The van der Waals surface area contributed by atoms with Crippen LogP contribution < -0.4 is 5.32 Å². The molecule has 2 atom stereocenters. The summed E-state index contributed by atoms with van der Waals surface area (Å²) in [5.41, 5.74) is 3.22. The van der Waals surface area contributed by atoms with E-state index in [4.69, 9.17) is 5.41 Å². The molecule has 3 aromatic rings. The first kappa shape index (κ1) is 21.8. The fourth-order valence-electron chi connectivity index (χ4n) is 4.34. The molecule has 0 bridgehead atoms. The second-order valence-electron chi connectivity index (χ2n) is 8.40. The van der Waals surface area contributed by atoms with Gasteiger partial charge in [-0.25, -0.2) is 0 Å². The number of carbonyl (C=O) groups is 1. The van der Waals surface area contributed by atoms with Crippen molar-refractivity contribution in [3.05, 3.63) is 82.0 Å². The smallest absolute Gasteiger partial charge is 0.234 e. The molecule has 0 aliphatic carbocycles. The first-order valence-corrected chi connectivity index (χ1v) is 11.6. The second kappa shape index (κ2) is 8.97. The molecule has 1 aliphatic heterocycles. The first-order valence-electron chi connectivity index (χ1n) is 10.7. The maximum absolute atomic E-state index is 13.2. The number of benzene rings is 2. The van der Waals surface area contributed by atoms with Gasteiger partial charge in [0.15, 0.2) is 5.96 Å². The summed E-state index contributed by atoms with van der Waals surface area (Å²) in [4.78, 5) is 15.7. The minimum atomic E-state index is -0.660. The number of hydrogen-bond donors (Lipinski definition) is 2. The van der Waals surface area contributed by atoms with Gasteiger partial charge in [0.25, 0.3) is 0 Å². The average Bonchev–Trinajstić information content (AvgIpc) is 3.32. The van der Waals surface area contributed by atoms with Crippen molar-refractivity contribution in [2.45, 2.75) is 31.7 Å². The van der Waals surface area contributed by atoms with Crippen LogP contribution in [-0.4, -0.2) is 23.8 Å². The molecule has 1 aliphatic rings. The quantitative estimate of drug-likeness (QED) is 0.555. The topological polar surface area (TPSA) is 80.0 Å². The third-order valence-electron chi connectivity index (χ3n) is 6.28. The molecule has 1 aromatic heterocycles. The Balaban J connectivity index is 1.61. The Labute approximate surface area is 192 Å². The molecular weight excluding hydrogens is 416 g/mol. The molecule has 1 unspecified atom stereocenters. The molecule has 2 aromatic carbocycles. The van der Waals surface area contributed by atoms with Gasteiger partial charge in [-0.3, -0.25) is 15.1 Å². The van der Waals surface area contributed by atoms with E-state index in [1.54, 1.807) is 24.5 Å². The van der Waals surface area contributed by atoms with Crippen molar-refractivity contribution >= 4 is 23.2 Å². The van der Waals surface area contributed by atoms with Crippen LogP contribution in [0, 0.1) is 22.7 Å². The van der Waals surface area contributed by atoms with Crippen LogP contribution in [0.2, 0.25) is 0 Å². The Morgan fingerprint density at radius 1 is 1.16 bits per heavy atom. The summed E-state index contributed by atoms with van der Waals surface area (Å²) in [6.45, 7) is 2.03. The predicted molar refractivity (Wildman–Crippen MR) is 128 cm³/mol. The summed E-state index contributed by atoms with van der Waals surface area (Å²) >= 11 is 1.59. The summed E-state index contributed by atoms with van der Waals surface area (Å²) in [5.74, 6) is -0.175. The maximum Gasteiger partial charge on any atom is 0.234 e. The van der Waals surface area contributed by atoms with Gasteiger partial charge in [-0.2, -0.15) is 5.26 Å². The van der Waals surface area contributed by atoms with Crippen LogP contribution in [0.4, 0.5) is 0 Å². The number of hydrogen-bond acceptors (Lipinski definition) is 4. The number of nitriles is 1. The number of rotatable bonds is 6. The van der Waals surface area contributed by atoms with Crippen molar-refractivity contribution in [3.63, 3.8) is 0 Å². The zero-order valence-corrected chi connectivity index (χ0v) is 19.1. The van der Waals surface area contributed by atoms with Gasteiger partial charge in [0.2, 0.25) is 5.91 Å². The fraction of sp³-hybridized carbons (Fsp3) is 0.269. The van der Waals surface area contributed by atoms with E-state index in [1.165, 1.54) is 10.5 Å². The monoisotopic (exact) mass is 442 g/mol. The molecule has 0 spiro atoms. The van der Waals surface area contributed by atoms with Crippen molar-refractivity contribution in [2.75, 3.05) is 7.05 Å². The Kier molecular flexibility index (Phi) is 6.11. The van der Waals surface area contributed by atoms with E-state index in [0.717, 1.165) is 35.3 Å². The zero-order valence-electron chi connectivity index (χ0n) is 18.3. The Bertz CT molecular complexity index is 1180. The Hall–Kier alpha value is -3.43. The molecule has 162 valence electrons. The highest BCUT2D eigenvalue weighted by Crippen LogP contribution is 2.41. The summed E-state index contributed by atoms with van der Waals surface area (Å²) in [5, 5.41) is 22.9. The van der Waals surface area contributed by atoms with Crippen molar-refractivity contribution in [1.82, 2.24) is 10.2 Å². The number of nitrogens with one attached hydrogen (secondary N) is 2. The normalized spacial score (nSPS) is 20.7. The van der Waals surface area contributed by atoms with Gasteiger partial charge in [-0.15, -0.1) is 11.3 Å². The molecule has 1 amide bonds. The maximum atomic E-state index is 13.2. The molecule has 0 radical (unpaired) electrons. The predicted octanol–water partition coefficient (Wildman–Crippen LogP) is 5.14. The summed E-state index contributed by atoms with van der Waals surface area (Å²) in [6, 6.07) is 22.1. The van der Waals surface area contributed by atoms with Crippen molar-refractivity contribution in [1.29, 1.82) is 10.7 Å². The zero-order chi connectivity index (χ0) is 22.7. The van der Waals surface area contributed by atoms with Crippen molar-refractivity contribution < 1.29 is 4.79 Å². The largest absolute Gasteiger partial charge is 0.345 e. The highest BCUT2D eigenvalue weighted by Gasteiger charge is 2.47. The number of amides is 1. The number of carbonyl (C=O) groups excluding carboxylic acids is 1. The summed E-state index contributed by atoms with van der Waals surface area (Å²) in [7, 11) is 1.66. The molecule has 2 N–H and O–H groups in total. The SMILES string of the molecule is CN1C(=N)N[C@](C)(c2cc(-c3cccc(C#N)c3)cs2)C(CCCc2ccccc2)C1=O. The first-order chi connectivity index (χ1) is 15.4. The summed E-state index contributed by atoms with van der Waals surface area (Å²) in [6.07, 6.45) is 2.53. The van der Waals surface area contributed by atoms with Gasteiger partial charge in [-0.05, 0) is 66.5 Å². The van der Waals surface area contributed by atoms with Crippen LogP contribution in [0.5, 0.6) is 0 Å². The van der Waals surface area contributed by atoms with Crippen molar-refractivity contribution in [3.8, 4) is 17.2 Å². The van der Waals surface area contributed by atoms with E-state index >= 15 is 0 Å². The minimum Gasteiger partial charge on any atom is -0.345 e. The molecule has 1 saturated heterocycles. The van der Waals surface area contributed by atoms with Crippen LogP contribution in [0.25, 0.3) is 11.1 Å². The lowest BCUT2D eigenvalue weighted by molar-refractivity contribution is -0.135. The molecular formula is C26H26N4OS. The number of thiophene rings is 1. The molecule has 32 heavy (non-hydrogen) atoms. The molecule has 5 nitrogen and oxygen atoms in total. The average molecular weight is 443 g/mol. The summed E-state index contributed by atoms with van der Waals surface area (Å²) < 4.78 is 0. The second-order valence-corrected chi connectivity index (χ2v) is 9.31. The molecule has 6 heteroatoms. The van der Waals surface area contributed by atoms with E-state index in [-0.39, 0.29) is 17.8 Å². The van der Waals surface area contributed by atoms with Crippen LogP contribution in [-0.2, 0) is 16.8 Å². The van der Waals surface area contributed by atoms with Gasteiger partial charge in [0.05, 0.1) is 23.1 Å². The lowest BCUT2D eigenvalue weighted by Crippen LogP contribution is -2.63. The van der Waals surface area contributed by atoms with Crippen molar-refractivity contribution in [2.24, 2.45) is 5.92 Å². The van der Waals surface area contributed by atoms with Crippen LogP contribution in [0.1, 0.15) is 35.8 Å². The fourth-order valence-corrected chi connectivity index (χ4v) is 5.43. The van der Waals surface area contributed by atoms with E-state index in [9.17, 15) is 10.1 Å². The number of guanidine groups is 1. The van der Waals surface area contributed by atoms with Gasteiger partial charge in [-0.1, -0.05) is 42.5 Å².